The van der Waals surface area contributed by atoms with Gasteiger partial charge in [0.05, 0.1) is 25.5 Å². The van der Waals surface area contributed by atoms with Crippen molar-refractivity contribution in [3.05, 3.63) is 47.9 Å². The third-order valence-corrected chi connectivity index (χ3v) is 4.69. The number of carbonyl (C=O) groups is 1. The fourth-order valence-electron chi connectivity index (χ4n) is 3.22. The SMILES string of the molecule is O=C(c1ccc(NCc2ccccn2)nn1)N1CCC2(CC1)OCCO2. The number of hydrogen-bond donors (Lipinski definition) is 1. The van der Waals surface area contributed by atoms with E-state index >= 15 is 0 Å². The Morgan fingerprint density at radius 1 is 1.12 bits per heavy atom. The number of pyridine rings is 1. The third kappa shape index (κ3) is 3.66. The molecule has 0 aromatic carbocycles. The molecule has 26 heavy (non-hydrogen) atoms. The molecular formula is C18H21N5O3. The molecule has 4 heterocycles. The largest absolute Gasteiger partial charge is 0.363 e. The summed E-state index contributed by atoms with van der Waals surface area (Å²) in [6.45, 7) is 3.01. The highest BCUT2D eigenvalue weighted by molar-refractivity contribution is 5.92. The van der Waals surface area contributed by atoms with Gasteiger partial charge >= 0.3 is 0 Å². The first-order valence-electron chi connectivity index (χ1n) is 8.79. The average molecular weight is 355 g/mol. The second kappa shape index (κ2) is 7.35. The van der Waals surface area contributed by atoms with E-state index in [9.17, 15) is 4.79 Å². The number of likely N-dealkylation sites (tertiary alicyclic amines) is 1. The summed E-state index contributed by atoms with van der Waals surface area (Å²) in [4.78, 5) is 18.6. The predicted molar refractivity (Wildman–Crippen MR) is 93.4 cm³/mol. The minimum absolute atomic E-state index is 0.110. The van der Waals surface area contributed by atoms with E-state index in [1.54, 1.807) is 23.2 Å². The molecule has 0 aliphatic carbocycles. The van der Waals surface area contributed by atoms with Crippen LogP contribution >= 0.6 is 0 Å². The Labute approximate surface area is 151 Å². The van der Waals surface area contributed by atoms with Crippen molar-refractivity contribution in [1.82, 2.24) is 20.1 Å². The van der Waals surface area contributed by atoms with Crippen LogP contribution in [0.1, 0.15) is 29.0 Å². The molecule has 2 aliphatic heterocycles. The molecule has 1 amide bonds. The lowest BCUT2D eigenvalue weighted by Gasteiger charge is -2.37. The van der Waals surface area contributed by atoms with E-state index in [-0.39, 0.29) is 5.91 Å². The topological polar surface area (TPSA) is 89.5 Å². The molecule has 2 aliphatic rings. The van der Waals surface area contributed by atoms with Crippen LogP contribution in [-0.2, 0) is 16.0 Å². The lowest BCUT2D eigenvalue weighted by Crippen LogP contribution is -2.47. The molecule has 8 heteroatoms. The van der Waals surface area contributed by atoms with Crippen molar-refractivity contribution in [2.75, 3.05) is 31.6 Å². The number of hydrogen-bond acceptors (Lipinski definition) is 7. The van der Waals surface area contributed by atoms with Crippen LogP contribution in [0.5, 0.6) is 0 Å². The molecule has 0 atom stereocenters. The zero-order chi connectivity index (χ0) is 17.8. The van der Waals surface area contributed by atoms with Crippen LogP contribution in [0.15, 0.2) is 36.5 Å². The van der Waals surface area contributed by atoms with E-state index in [1.807, 2.05) is 18.2 Å². The summed E-state index contributed by atoms with van der Waals surface area (Å²) in [5.41, 5.74) is 1.26. The number of piperidine rings is 1. The monoisotopic (exact) mass is 355 g/mol. The van der Waals surface area contributed by atoms with Gasteiger partial charge in [0.15, 0.2) is 11.5 Å². The van der Waals surface area contributed by atoms with Gasteiger partial charge in [-0.05, 0) is 24.3 Å². The van der Waals surface area contributed by atoms with Crippen molar-refractivity contribution in [3.8, 4) is 0 Å². The summed E-state index contributed by atoms with van der Waals surface area (Å²) in [6, 6.07) is 9.19. The normalized spacial score (nSPS) is 18.8. The first-order chi connectivity index (χ1) is 12.7. The Balaban J connectivity index is 1.32. The number of amides is 1. The van der Waals surface area contributed by atoms with E-state index in [4.69, 9.17) is 9.47 Å². The molecule has 2 aromatic rings. The maximum atomic E-state index is 12.6. The summed E-state index contributed by atoms with van der Waals surface area (Å²) in [6.07, 6.45) is 3.13. The zero-order valence-corrected chi connectivity index (χ0v) is 14.4. The van der Waals surface area contributed by atoms with Gasteiger partial charge in [0.25, 0.3) is 5.91 Å². The highest BCUT2D eigenvalue weighted by Crippen LogP contribution is 2.31. The molecule has 4 rings (SSSR count). The van der Waals surface area contributed by atoms with Crippen LogP contribution < -0.4 is 5.32 Å². The Morgan fingerprint density at radius 2 is 1.92 bits per heavy atom. The van der Waals surface area contributed by atoms with E-state index in [2.05, 4.69) is 20.5 Å². The Kier molecular flexibility index (Phi) is 4.77. The Hall–Kier alpha value is -2.58. The summed E-state index contributed by atoms with van der Waals surface area (Å²) >= 11 is 0. The predicted octanol–water partition coefficient (Wildman–Crippen LogP) is 1.46. The summed E-state index contributed by atoms with van der Waals surface area (Å²) in [7, 11) is 0. The molecule has 1 N–H and O–H groups in total. The van der Waals surface area contributed by atoms with Gasteiger partial charge in [0, 0.05) is 32.1 Å². The molecule has 2 fully saturated rings. The van der Waals surface area contributed by atoms with E-state index < -0.39 is 5.79 Å². The summed E-state index contributed by atoms with van der Waals surface area (Å²) in [5.74, 6) is 0.0148. The number of carbonyl (C=O) groups excluding carboxylic acids is 1. The number of rotatable bonds is 4. The van der Waals surface area contributed by atoms with Crippen molar-refractivity contribution in [2.24, 2.45) is 0 Å². The molecule has 2 saturated heterocycles. The van der Waals surface area contributed by atoms with Crippen molar-refractivity contribution in [1.29, 1.82) is 0 Å². The summed E-state index contributed by atoms with van der Waals surface area (Å²) < 4.78 is 11.4. The van der Waals surface area contributed by atoms with Crippen LogP contribution in [-0.4, -0.2) is 58.1 Å². The molecule has 1 spiro atoms. The van der Waals surface area contributed by atoms with Gasteiger partial charge < -0.3 is 19.7 Å². The van der Waals surface area contributed by atoms with E-state index in [1.165, 1.54) is 0 Å². The van der Waals surface area contributed by atoms with Gasteiger partial charge in [-0.3, -0.25) is 9.78 Å². The molecule has 136 valence electrons. The number of nitrogens with one attached hydrogen (secondary N) is 1. The molecule has 2 aromatic heterocycles. The van der Waals surface area contributed by atoms with Crippen molar-refractivity contribution in [3.63, 3.8) is 0 Å². The first-order valence-corrected chi connectivity index (χ1v) is 8.79. The minimum atomic E-state index is -0.484. The molecule has 0 unspecified atom stereocenters. The highest BCUT2D eigenvalue weighted by atomic mass is 16.7. The second-order valence-corrected chi connectivity index (χ2v) is 6.38. The van der Waals surface area contributed by atoms with Gasteiger partial charge in [-0.1, -0.05) is 6.07 Å². The number of anilines is 1. The fourth-order valence-corrected chi connectivity index (χ4v) is 3.22. The maximum absolute atomic E-state index is 12.6. The molecule has 0 saturated carbocycles. The highest BCUT2D eigenvalue weighted by Gasteiger charge is 2.41. The van der Waals surface area contributed by atoms with Gasteiger partial charge in [-0.15, -0.1) is 10.2 Å². The van der Waals surface area contributed by atoms with Crippen molar-refractivity contribution < 1.29 is 14.3 Å². The number of aromatic nitrogens is 3. The van der Waals surface area contributed by atoms with Gasteiger partial charge in [-0.25, -0.2) is 0 Å². The fraction of sp³-hybridized carbons (Fsp3) is 0.444. The van der Waals surface area contributed by atoms with Crippen LogP contribution in [0.25, 0.3) is 0 Å². The van der Waals surface area contributed by atoms with Crippen molar-refractivity contribution >= 4 is 11.7 Å². The first kappa shape index (κ1) is 16.9. The Morgan fingerprint density at radius 3 is 2.58 bits per heavy atom. The number of nitrogens with zero attached hydrogens (tertiary/aromatic N) is 4. The van der Waals surface area contributed by atoms with Gasteiger partial charge in [0.2, 0.25) is 0 Å². The number of ether oxygens (including phenoxy) is 2. The van der Waals surface area contributed by atoms with Crippen LogP contribution in [0.3, 0.4) is 0 Å². The average Bonchev–Trinajstić information content (AvgIpc) is 3.16. The Bertz CT molecular complexity index is 737. The molecule has 0 radical (unpaired) electrons. The summed E-state index contributed by atoms with van der Waals surface area (Å²) in [5, 5.41) is 11.3. The van der Waals surface area contributed by atoms with Crippen LogP contribution in [0, 0.1) is 0 Å². The molecule has 0 bridgehead atoms. The smallest absolute Gasteiger partial charge is 0.274 e. The minimum Gasteiger partial charge on any atom is -0.363 e. The zero-order valence-electron chi connectivity index (χ0n) is 14.4. The lowest BCUT2D eigenvalue weighted by atomic mass is 10.0. The van der Waals surface area contributed by atoms with Crippen LogP contribution in [0.4, 0.5) is 5.82 Å². The van der Waals surface area contributed by atoms with Crippen molar-refractivity contribution in [2.45, 2.75) is 25.2 Å². The lowest BCUT2D eigenvalue weighted by molar-refractivity contribution is -0.181. The third-order valence-electron chi connectivity index (χ3n) is 4.69. The molecule has 8 nitrogen and oxygen atoms in total. The van der Waals surface area contributed by atoms with E-state index in [0.29, 0.717) is 57.2 Å². The maximum Gasteiger partial charge on any atom is 0.274 e. The van der Waals surface area contributed by atoms with Gasteiger partial charge in [0.1, 0.15) is 5.82 Å². The van der Waals surface area contributed by atoms with Crippen LogP contribution in [0.2, 0.25) is 0 Å². The standard InChI is InChI=1S/C18H21N5O3/c24-17(23-9-6-18(7-10-23)25-11-12-26-18)15-4-5-16(22-21-15)20-13-14-3-1-2-8-19-14/h1-5,8H,6-7,9-13H2,(H,20,22). The van der Waals surface area contributed by atoms with Gasteiger partial charge in [-0.2, -0.15) is 0 Å². The quantitative estimate of drug-likeness (QED) is 0.888. The molecular weight excluding hydrogens is 334 g/mol. The van der Waals surface area contributed by atoms with E-state index in [0.717, 1.165) is 5.69 Å². The second-order valence-electron chi connectivity index (χ2n) is 6.38.